The molecule has 0 spiro atoms. The molecule has 22 heavy (non-hydrogen) atoms. The Bertz CT molecular complexity index is 575. The number of carbonyl (C=O) groups is 1. The van der Waals surface area contributed by atoms with Crippen LogP contribution in [0.15, 0.2) is 12.1 Å². The van der Waals surface area contributed by atoms with Gasteiger partial charge >= 0.3 is 6.18 Å². The summed E-state index contributed by atoms with van der Waals surface area (Å²) in [5.74, 6) is -0.100. The summed E-state index contributed by atoms with van der Waals surface area (Å²) in [4.78, 5) is 13.2. The van der Waals surface area contributed by atoms with Crippen molar-refractivity contribution in [1.82, 2.24) is 4.90 Å². The van der Waals surface area contributed by atoms with Gasteiger partial charge in [0.05, 0.1) is 10.7 Å². The molecule has 1 aromatic carbocycles. The standard InChI is InChI=1S/C15H17F3INO2/c1-9-5-11-6-12(19)13(22-2)7-10(11)3-4-20(9)14(21)8-15(16,17)18/h6-7,9H,3-5,8H2,1-2H3. The van der Waals surface area contributed by atoms with Crippen molar-refractivity contribution in [3.05, 3.63) is 26.8 Å². The highest BCUT2D eigenvalue weighted by atomic mass is 127. The first-order valence-corrected chi connectivity index (χ1v) is 8.00. The Morgan fingerprint density at radius 2 is 2.09 bits per heavy atom. The molecule has 1 unspecified atom stereocenters. The molecule has 7 heteroatoms. The van der Waals surface area contributed by atoms with Crippen LogP contribution in [0.5, 0.6) is 5.75 Å². The minimum Gasteiger partial charge on any atom is -0.496 e. The fourth-order valence-corrected chi connectivity index (χ4v) is 3.50. The van der Waals surface area contributed by atoms with Crippen LogP contribution in [0.3, 0.4) is 0 Å². The molecular weight excluding hydrogens is 410 g/mol. The number of rotatable bonds is 2. The molecule has 1 atom stereocenters. The lowest BCUT2D eigenvalue weighted by Gasteiger charge is -2.27. The molecule has 1 aliphatic rings. The Kier molecular flexibility index (Phi) is 5.24. The summed E-state index contributed by atoms with van der Waals surface area (Å²) in [6.07, 6.45) is -4.77. The zero-order chi connectivity index (χ0) is 16.5. The van der Waals surface area contributed by atoms with E-state index in [4.69, 9.17) is 4.74 Å². The van der Waals surface area contributed by atoms with Crippen molar-refractivity contribution in [2.45, 2.75) is 38.4 Å². The molecule has 1 aromatic rings. The second-order valence-electron chi connectivity index (χ2n) is 5.44. The Morgan fingerprint density at radius 3 is 2.68 bits per heavy atom. The molecule has 122 valence electrons. The number of hydrogen-bond acceptors (Lipinski definition) is 2. The van der Waals surface area contributed by atoms with Gasteiger partial charge in [0.25, 0.3) is 0 Å². The van der Waals surface area contributed by atoms with Crippen molar-refractivity contribution < 1.29 is 22.7 Å². The molecule has 1 amide bonds. The van der Waals surface area contributed by atoms with Gasteiger partial charge in [-0.1, -0.05) is 0 Å². The molecule has 2 rings (SSSR count). The summed E-state index contributed by atoms with van der Waals surface area (Å²) in [5.41, 5.74) is 2.10. The van der Waals surface area contributed by atoms with Gasteiger partial charge in [0.15, 0.2) is 0 Å². The van der Waals surface area contributed by atoms with Gasteiger partial charge in [-0.15, -0.1) is 0 Å². The van der Waals surface area contributed by atoms with Gasteiger partial charge in [-0.2, -0.15) is 13.2 Å². The number of benzene rings is 1. The van der Waals surface area contributed by atoms with E-state index in [1.54, 1.807) is 14.0 Å². The first kappa shape index (κ1) is 17.4. The highest BCUT2D eigenvalue weighted by molar-refractivity contribution is 14.1. The van der Waals surface area contributed by atoms with Crippen molar-refractivity contribution in [2.75, 3.05) is 13.7 Å². The second kappa shape index (κ2) is 6.64. The lowest BCUT2D eigenvalue weighted by Crippen LogP contribution is -2.41. The second-order valence-corrected chi connectivity index (χ2v) is 6.60. The molecule has 0 radical (unpaired) electrons. The number of methoxy groups -OCH3 is 1. The van der Waals surface area contributed by atoms with Gasteiger partial charge in [0.2, 0.25) is 5.91 Å². The Labute approximate surface area is 141 Å². The molecular formula is C15H17F3INO2. The third-order valence-electron chi connectivity index (χ3n) is 3.82. The van der Waals surface area contributed by atoms with E-state index >= 15 is 0 Å². The summed E-state index contributed by atoms with van der Waals surface area (Å²) in [7, 11) is 1.59. The van der Waals surface area contributed by atoms with E-state index in [0.717, 1.165) is 20.4 Å². The van der Waals surface area contributed by atoms with Crippen LogP contribution in [0, 0.1) is 3.57 Å². The minimum absolute atomic E-state index is 0.250. The van der Waals surface area contributed by atoms with E-state index in [0.29, 0.717) is 19.4 Å². The average Bonchev–Trinajstić information content (AvgIpc) is 2.53. The molecule has 3 nitrogen and oxygen atoms in total. The summed E-state index contributed by atoms with van der Waals surface area (Å²) in [6, 6.07) is 3.66. The van der Waals surface area contributed by atoms with E-state index < -0.39 is 18.5 Å². The zero-order valence-corrected chi connectivity index (χ0v) is 14.5. The number of halogens is 4. The molecule has 0 aromatic heterocycles. The number of hydrogen-bond donors (Lipinski definition) is 0. The van der Waals surface area contributed by atoms with Crippen LogP contribution >= 0.6 is 22.6 Å². The highest BCUT2D eigenvalue weighted by Gasteiger charge is 2.35. The van der Waals surface area contributed by atoms with E-state index in [-0.39, 0.29) is 6.04 Å². The lowest BCUT2D eigenvalue weighted by atomic mass is 10.0. The first-order valence-electron chi connectivity index (χ1n) is 6.92. The lowest BCUT2D eigenvalue weighted by molar-refractivity contribution is -0.162. The van der Waals surface area contributed by atoms with E-state index in [9.17, 15) is 18.0 Å². The van der Waals surface area contributed by atoms with Crippen molar-refractivity contribution in [2.24, 2.45) is 0 Å². The maximum atomic E-state index is 12.4. The molecule has 0 N–H and O–H groups in total. The highest BCUT2D eigenvalue weighted by Crippen LogP contribution is 2.30. The third kappa shape index (κ3) is 4.05. The molecule has 0 aliphatic carbocycles. The monoisotopic (exact) mass is 427 g/mol. The van der Waals surface area contributed by atoms with E-state index in [2.05, 4.69) is 22.6 Å². The van der Waals surface area contributed by atoms with Crippen LogP contribution in [-0.4, -0.2) is 36.7 Å². The Morgan fingerprint density at radius 1 is 1.41 bits per heavy atom. The Balaban J connectivity index is 2.21. The number of ether oxygens (including phenoxy) is 1. The number of alkyl halides is 3. The fourth-order valence-electron chi connectivity index (χ4n) is 2.75. The van der Waals surface area contributed by atoms with Crippen LogP contribution < -0.4 is 4.74 Å². The van der Waals surface area contributed by atoms with Crippen molar-refractivity contribution in [3.8, 4) is 5.75 Å². The SMILES string of the molecule is COc1cc2c(cc1I)CC(C)N(C(=O)CC(F)(F)F)CC2. The number of nitrogens with zero attached hydrogens (tertiary/aromatic N) is 1. The molecule has 1 aliphatic heterocycles. The third-order valence-corrected chi connectivity index (χ3v) is 4.66. The molecule has 0 saturated carbocycles. The first-order chi connectivity index (χ1) is 10.2. The Hall–Kier alpha value is -0.990. The van der Waals surface area contributed by atoms with Gasteiger partial charge in [-0.25, -0.2) is 0 Å². The van der Waals surface area contributed by atoms with Gasteiger partial charge < -0.3 is 9.64 Å². The van der Waals surface area contributed by atoms with Gasteiger partial charge in [-0.3, -0.25) is 4.79 Å². The smallest absolute Gasteiger partial charge is 0.397 e. The van der Waals surface area contributed by atoms with Crippen LogP contribution in [-0.2, 0) is 17.6 Å². The van der Waals surface area contributed by atoms with Crippen LogP contribution in [0.25, 0.3) is 0 Å². The van der Waals surface area contributed by atoms with Crippen LogP contribution in [0.1, 0.15) is 24.5 Å². The average molecular weight is 427 g/mol. The maximum absolute atomic E-state index is 12.4. The quantitative estimate of drug-likeness (QED) is 0.676. The molecule has 1 heterocycles. The van der Waals surface area contributed by atoms with Crippen molar-refractivity contribution >= 4 is 28.5 Å². The normalized spacial score (nSPS) is 18.6. The van der Waals surface area contributed by atoms with Crippen molar-refractivity contribution in [1.29, 1.82) is 0 Å². The van der Waals surface area contributed by atoms with Crippen molar-refractivity contribution in [3.63, 3.8) is 0 Å². The van der Waals surface area contributed by atoms with Gasteiger partial charge in [-0.05, 0) is 65.6 Å². The molecule has 0 fully saturated rings. The van der Waals surface area contributed by atoms with Gasteiger partial charge in [0.1, 0.15) is 12.2 Å². The summed E-state index contributed by atoms with van der Waals surface area (Å²) < 4.78 is 43.6. The van der Waals surface area contributed by atoms with Crippen LogP contribution in [0.2, 0.25) is 0 Å². The van der Waals surface area contributed by atoms with Crippen LogP contribution in [0.4, 0.5) is 13.2 Å². The minimum atomic E-state index is -4.46. The fraction of sp³-hybridized carbons (Fsp3) is 0.533. The maximum Gasteiger partial charge on any atom is 0.397 e. The van der Waals surface area contributed by atoms with Gasteiger partial charge in [0, 0.05) is 12.6 Å². The summed E-state index contributed by atoms with van der Waals surface area (Å²) in [6.45, 7) is 2.09. The predicted molar refractivity (Wildman–Crippen MR) is 85.0 cm³/mol. The number of amides is 1. The number of fused-ring (bicyclic) bond motifs is 1. The molecule has 0 bridgehead atoms. The predicted octanol–water partition coefficient (Wildman–Crippen LogP) is 3.57. The summed E-state index contributed by atoms with van der Waals surface area (Å²) in [5, 5.41) is 0. The number of carbonyl (C=O) groups excluding carboxylic acids is 1. The summed E-state index contributed by atoms with van der Waals surface area (Å²) >= 11 is 2.17. The molecule has 0 saturated heterocycles. The van der Waals surface area contributed by atoms with E-state index in [1.165, 1.54) is 4.90 Å². The largest absolute Gasteiger partial charge is 0.496 e. The topological polar surface area (TPSA) is 29.5 Å². The van der Waals surface area contributed by atoms with E-state index in [1.807, 2.05) is 12.1 Å². The zero-order valence-electron chi connectivity index (χ0n) is 12.3.